The van der Waals surface area contributed by atoms with Gasteiger partial charge in [-0.1, -0.05) is 25.8 Å². The lowest BCUT2D eigenvalue weighted by Gasteiger charge is -2.21. The Kier molecular flexibility index (Phi) is 8.71. The lowest BCUT2D eigenvalue weighted by atomic mass is 10.0. The number of nitrogens with zero attached hydrogens (tertiary/aromatic N) is 1. The van der Waals surface area contributed by atoms with Gasteiger partial charge < -0.3 is 15.7 Å². The van der Waals surface area contributed by atoms with Crippen molar-refractivity contribution in [3.63, 3.8) is 0 Å². The predicted molar refractivity (Wildman–Crippen MR) is 106 cm³/mol. The van der Waals surface area contributed by atoms with Crippen molar-refractivity contribution < 1.29 is 5.11 Å². The molecule has 1 aliphatic carbocycles. The molecule has 2 rings (SSSR count). The van der Waals surface area contributed by atoms with Crippen LogP contribution in [0.2, 0.25) is 0 Å². The van der Waals surface area contributed by atoms with Gasteiger partial charge in [-0.05, 0) is 31.2 Å². The van der Waals surface area contributed by atoms with Crippen molar-refractivity contribution in [2.75, 3.05) is 19.6 Å². The van der Waals surface area contributed by atoms with Gasteiger partial charge in [-0.15, -0.1) is 35.3 Å². The van der Waals surface area contributed by atoms with E-state index in [1.807, 2.05) is 0 Å². The van der Waals surface area contributed by atoms with Crippen LogP contribution in [-0.2, 0) is 0 Å². The number of rotatable bonds is 6. The summed E-state index contributed by atoms with van der Waals surface area (Å²) in [5.41, 5.74) is -0.582. The lowest BCUT2D eigenvalue weighted by Crippen LogP contribution is -2.40. The third-order valence-electron chi connectivity index (χ3n) is 4.01. The summed E-state index contributed by atoms with van der Waals surface area (Å²) in [5.74, 6) is 1.27. The Labute approximate surface area is 154 Å². The topological polar surface area (TPSA) is 56.7 Å². The molecule has 0 saturated heterocycles. The zero-order valence-electron chi connectivity index (χ0n) is 13.5. The maximum Gasteiger partial charge on any atom is 0.191 e. The molecule has 3 N–H and O–H groups in total. The van der Waals surface area contributed by atoms with Crippen LogP contribution in [0.15, 0.2) is 22.5 Å². The van der Waals surface area contributed by atoms with E-state index in [-0.39, 0.29) is 24.0 Å². The molecule has 0 radical (unpaired) electrons. The van der Waals surface area contributed by atoms with E-state index in [0.717, 1.165) is 44.7 Å². The van der Waals surface area contributed by atoms with Crippen molar-refractivity contribution >= 4 is 41.3 Å². The van der Waals surface area contributed by atoms with Crippen molar-refractivity contribution in [2.45, 2.75) is 51.0 Å². The zero-order chi connectivity index (χ0) is 15.1. The molecule has 1 aliphatic rings. The molecule has 0 spiro atoms. The summed E-state index contributed by atoms with van der Waals surface area (Å²) in [6, 6.07) is 4.26. The number of hydrogen-bond acceptors (Lipinski definition) is 3. The van der Waals surface area contributed by atoms with Crippen LogP contribution in [0.3, 0.4) is 0 Å². The van der Waals surface area contributed by atoms with Crippen LogP contribution in [0.5, 0.6) is 0 Å². The van der Waals surface area contributed by atoms with E-state index >= 15 is 0 Å². The highest BCUT2D eigenvalue weighted by Gasteiger charge is 2.30. The largest absolute Gasteiger partial charge is 0.388 e. The molecule has 1 unspecified atom stereocenters. The second-order valence-electron chi connectivity index (χ2n) is 5.92. The van der Waals surface area contributed by atoms with E-state index in [4.69, 9.17) is 0 Å². The number of guanidine groups is 1. The standard InChI is InChI=1S/C16H27N3OS.HI/c1-3-17-15(19-12-16(20)8-4-5-9-16)18-11-13(2)14-7-6-10-21-14;/h6-7,10,13,20H,3-5,8-9,11-12H2,1-2H3,(H2,17,18,19);1H. The van der Waals surface area contributed by atoms with Crippen LogP contribution >= 0.6 is 35.3 Å². The molecule has 6 heteroatoms. The van der Waals surface area contributed by atoms with Gasteiger partial charge in [0, 0.05) is 23.9 Å². The van der Waals surface area contributed by atoms with Crippen LogP contribution in [-0.4, -0.2) is 36.3 Å². The van der Waals surface area contributed by atoms with Gasteiger partial charge in [-0.25, -0.2) is 0 Å². The lowest BCUT2D eigenvalue weighted by molar-refractivity contribution is 0.0574. The second-order valence-corrected chi connectivity index (χ2v) is 6.90. The summed E-state index contributed by atoms with van der Waals surface area (Å²) in [6.45, 7) is 6.45. The highest BCUT2D eigenvalue weighted by Crippen LogP contribution is 2.29. The van der Waals surface area contributed by atoms with Gasteiger partial charge in [-0.3, -0.25) is 4.99 Å². The maximum absolute atomic E-state index is 10.4. The fourth-order valence-electron chi connectivity index (χ4n) is 2.68. The molecule has 1 saturated carbocycles. The zero-order valence-corrected chi connectivity index (χ0v) is 16.6. The van der Waals surface area contributed by atoms with Crippen molar-refractivity contribution in [3.8, 4) is 0 Å². The molecule has 0 aromatic carbocycles. The van der Waals surface area contributed by atoms with E-state index < -0.39 is 5.60 Å². The van der Waals surface area contributed by atoms with E-state index in [1.165, 1.54) is 4.88 Å². The second kappa shape index (κ2) is 9.72. The van der Waals surface area contributed by atoms with Gasteiger partial charge in [0.2, 0.25) is 0 Å². The Morgan fingerprint density at radius 2 is 2.14 bits per heavy atom. The van der Waals surface area contributed by atoms with Gasteiger partial charge >= 0.3 is 0 Å². The minimum absolute atomic E-state index is 0. The normalized spacial score (nSPS) is 18.6. The molecule has 0 aliphatic heterocycles. The molecular formula is C16H28IN3OS. The average Bonchev–Trinajstić information content (AvgIpc) is 3.13. The van der Waals surface area contributed by atoms with Gasteiger partial charge in [-0.2, -0.15) is 0 Å². The predicted octanol–water partition coefficient (Wildman–Crippen LogP) is 3.33. The van der Waals surface area contributed by atoms with Gasteiger partial charge in [0.1, 0.15) is 0 Å². The Balaban J connectivity index is 0.00000242. The first-order valence-corrected chi connectivity index (χ1v) is 8.79. The van der Waals surface area contributed by atoms with Crippen LogP contribution in [0.4, 0.5) is 0 Å². The van der Waals surface area contributed by atoms with Gasteiger partial charge in [0.05, 0.1) is 12.1 Å². The Hall–Kier alpha value is -0.340. The van der Waals surface area contributed by atoms with E-state index in [2.05, 4.69) is 47.0 Å². The molecule has 4 nitrogen and oxygen atoms in total. The molecular weight excluding hydrogens is 409 g/mol. The molecule has 1 fully saturated rings. The summed E-state index contributed by atoms with van der Waals surface area (Å²) in [4.78, 5) is 5.95. The summed E-state index contributed by atoms with van der Waals surface area (Å²) in [7, 11) is 0. The maximum atomic E-state index is 10.4. The Morgan fingerprint density at radius 3 is 2.73 bits per heavy atom. The first kappa shape index (κ1) is 19.7. The molecule has 1 aromatic heterocycles. The Morgan fingerprint density at radius 1 is 1.41 bits per heavy atom. The van der Waals surface area contributed by atoms with E-state index in [9.17, 15) is 5.11 Å². The van der Waals surface area contributed by atoms with Crippen LogP contribution in [0, 0.1) is 0 Å². The highest BCUT2D eigenvalue weighted by molar-refractivity contribution is 14.0. The van der Waals surface area contributed by atoms with Crippen molar-refractivity contribution in [2.24, 2.45) is 4.99 Å². The summed E-state index contributed by atoms with van der Waals surface area (Å²) >= 11 is 1.79. The smallest absolute Gasteiger partial charge is 0.191 e. The number of aliphatic imine (C=N–C) groups is 1. The number of halogens is 1. The minimum atomic E-state index is -0.582. The summed E-state index contributed by atoms with van der Waals surface area (Å²) < 4.78 is 0. The van der Waals surface area contributed by atoms with Crippen LogP contribution in [0.25, 0.3) is 0 Å². The number of hydrogen-bond donors (Lipinski definition) is 3. The molecule has 1 heterocycles. The van der Waals surface area contributed by atoms with Crippen molar-refractivity contribution in [1.29, 1.82) is 0 Å². The minimum Gasteiger partial charge on any atom is -0.388 e. The molecule has 0 bridgehead atoms. The van der Waals surface area contributed by atoms with Crippen LogP contribution in [0.1, 0.15) is 50.3 Å². The fourth-order valence-corrected chi connectivity index (χ4v) is 3.47. The molecule has 1 aromatic rings. The molecule has 0 amide bonds. The first-order chi connectivity index (χ1) is 10.1. The average molecular weight is 437 g/mol. The van der Waals surface area contributed by atoms with Gasteiger partial charge in [0.25, 0.3) is 0 Å². The number of aliphatic hydroxyl groups is 1. The first-order valence-electron chi connectivity index (χ1n) is 7.91. The monoisotopic (exact) mass is 437 g/mol. The number of nitrogens with one attached hydrogen (secondary N) is 2. The Bertz CT molecular complexity index is 444. The highest BCUT2D eigenvalue weighted by atomic mass is 127. The third-order valence-corrected chi connectivity index (χ3v) is 5.12. The number of thiophene rings is 1. The van der Waals surface area contributed by atoms with Crippen molar-refractivity contribution in [1.82, 2.24) is 10.6 Å². The van der Waals surface area contributed by atoms with Crippen molar-refractivity contribution in [3.05, 3.63) is 22.4 Å². The quantitative estimate of drug-likeness (QED) is 0.364. The van der Waals surface area contributed by atoms with E-state index in [0.29, 0.717) is 12.5 Å². The molecule has 126 valence electrons. The fraction of sp³-hybridized carbons (Fsp3) is 0.688. The van der Waals surface area contributed by atoms with E-state index in [1.54, 1.807) is 11.3 Å². The summed E-state index contributed by atoms with van der Waals surface area (Å²) in [6.07, 6.45) is 3.99. The molecule has 22 heavy (non-hydrogen) atoms. The SMILES string of the molecule is CCNC(=NCC1(O)CCCC1)NCC(C)c1cccs1.I. The molecule has 1 atom stereocenters. The summed E-state index contributed by atoms with van der Waals surface area (Å²) in [5, 5.41) is 19.1. The van der Waals surface area contributed by atoms with Gasteiger partial charge in [0.15, 0.2) is 5.96 Å². The third kappa shape index (κ3) is 6.04. The van der Waals surface area contributed by atoms with Crippen LogP contribution < -0.4 is 10.6 Å².